The van der Waals surface area contributed by atoms with Crippen LogP contribution in [-0.4, -0.2) is 37.3 Å². The third-order valence-corrected chi connectivity index (χ3v) is 5.47. The van der Waals surface area contributed by atoms with Crippen LogP contribution in [0.4, 0.5) is 11.4 Å². The van der Waals surface area contributed by atoms with Crippen LogP contribution in [0.1, 0.15) is 17.0 Å². The lowest BCUT2D eigenvalue weighted by Crippen LogP contribution is -2.39. The van der Waals surface area contributed by atoms with Crippen molar-refractivity contribution in [2.24, 2.45) is 0 Å². The smallest absolute Gasteiger partial charge is 0.238 e. The van der Waals surface area contributed by atoms with E-state index in [1.165, 1.54) is 0 Å². The van der Waals surface area contributed by atoms with E-state index in [9.17, 15) is 4.79 Å². The van der Waals surface area contributed by atoms with Crippen molar-refractivity contribution in [2.75, 3.05) is 36.5 Å². The first-order valence-corrected chi connectivity index (χ1v) is 10.8. The molecule has 0 atom stereocenters. The fourth-order valence-electron chi connectivity index (χ4n) is 3.78. The Morgan fingerprint density at radius 3 is 2.00 bits per heavy atom. The second-order valence-electron chi connectivity index (χ2n) is 7.31. The van der Waals surface area contributed by atoms with E-state index in [1.807, 2.05) is 78.9 Å². The lowest BCUT2D eigenvalue weighted by atomic mass is 9.90. The lowest BCUT2D eigenvalue weighted by molar-refractivity contribution is -0.120. The number of nitrogens with zero attached hydrogens (tertiary/aromatic N) is 1. The number of hydrogen-bond acceptors (Lipinski definition) is 4. The molecule has 6 heteroatoms. The highest BCUT2D eigenvalue weighted by Gasteiger charge is 2.24. The van der Waals surface area contributed by atoms with Gasteiger partial charge in [0.15, 0.2) is 5.11 Å². The van der Waals surface area contributed by atoms with Gasteiger partial charge in [0.2, 0.25) is 5.91 Å². The van der Waals surface area contributed by atoms with E-state index >= 15 is 0 Å². The summed E-state index contributed by atoms with van der Waals surface area (Å²) in [6, 6.07) is 27.4. The minimum Gasteiger partial charge on any atom is -0.378 e. The van der Waals surface area contributed by atoms with Crippen LogP contribution >= 0.6 is 12.2 Å². The highest BCUT2D eigenvalue weighted by atomic mass is 32.1. The van der Waals surface area contributed by atoms with Crippen molar-refractivity contribution >= 4 is 34.6 Å². The van der Waals surface area contributed by atoms with E-state index in [1.54, 1.807) is 0 Å². The predicted octanol–water partition coefficient (Wildman–Crippen LogP) is 4.17. The SMILES string of the molecule is O=C(NC(=S)Nc1ccccc1N1CCOCC1)C(c1ccccc1)c1ccccc1. The van der Waals surface area contributed by atoms with Crippen molar-refractivity contribution in [3.8, 4) is 0 Å². The van der Waals surface area contributed by atoms with E-state index in [0.717, 1.165) is 35.6 Å². The minimum atomic E-state index is -0.448. The van der Waals surface area contributed by atoms with E-state index < -0.39 is 5.92 Å². The van der Waals surface area contributed by atoms with Gasteiger partial charge in [0, 0.05) is 13.1 Å². The molecule has 5 nitrogen and oxygen atoms in total. The molecule has 0 saturated carbocycles. The molecule has 1 fully saturated rings. The van der Waals surface area contributed by atoms with E-state index in [-0.39, 0.29) is 11.0 Å². The highest BCUT2D eigenvalue weighted by molar-refractivity contribution is 7.80. The summed E-state index contributed by atoms with van der Waals surface area (Å²) in [5, 5.41) is 6.39. The number of amides is 1. The largest absolute Gasteiger partial charge is 0.378 e. The van der Waals surface area contributed by atoms with Crippen molar-refractivity contribution < 1.29 is 9.53 Å². The summed E-state index contributed by atoms with van der Waals surface area (Å²) in [6.07, 6.45) is 0. The van der Waals surface area contributed by atoms with Gasteiger partial charge in [-0.1, -0.05) is 72.8 Å². The number of morpholine rings is 1. The zero-order valence-electron chi connectivity index (χ0n) is 17.2. The lowest BCUT2D eigenvalue weighted by Gasteiger charge is -2.30. The maximum atomic E-state index is 13.3. The fraction of sp³-hybridized carbons (Fsp3) is 0.200. The van der Waals surface area contributed by atoms with Crippen LogP contribution in [-0.2, 0) is 9.53 Å². The number of benzene rings is 3. The molecule has 1 amide bonds. The quantitative estimate of drug-likeness (QED) is 0.594. The summed E-state index contributed by atoms with van der Waals surface area (Å²) in [6.45, 7) is 3.04. The summed E-state index contributed by atoms with van der Waals surface area (Å²) in [7, 11) is 0. The van der Waals surface area contributed by atoms with Gasteiger partial charge in [-0.25, -0.2) is 0 Å². The Balaban J connectivity index is 1.51. The summed E-state index contributed by atoms with van der Waals surface area (Å²) in [5.74, 6) is -0.615. The van der Waals surface area contributed by atoms with Gasteiger partial charge in [-0.3, -0.25) is 4.79 Å². The third-order valence-electron chi connectivity index (χ3n) is 5.27. The number of hydrogen-bond donors (Lipinski definition) is 2. The maximum absolute atomic E-state index is 13.3. The van der Waals surface area contributed by atoms with Gasteiger partial charge in [0.25, 0.3) is 0 Å². The molecule has 2 N–H and O–H groups in total. The number of nitrogens with one attached hydrogen (secondary N) is 2. The van der Waals surface area contributed by atoms with Crippen molar-refractivity contribution in [3.05, 3.63) is 96.1 Å². The van der Waals surface area contributed by atoms with Crippen LogP contribution in [0.25, 0.3) is 0 Å². The van der Waals surface area contributed by atoms with E-state index in [4.69, 9.17) is 17.0 Å². The average Bonchev–Trinajstić information content (AvgIpc) is 2.81. The van der Waals surface area contributed by atoms with Crippen molar-refractivity contribution in [3.63, 3.8) is 0 Å². The molecule has 0 aliphatic carbocycles. The molecule has 3 aromatic rings. The molecule has 158 valence electrons. The number of rotatable bonds is 5. The molecule has 0 spiro atoms. The zero-order valence-corrected chi connectivity index (χ0v) is 18.0. The Bertz CT molecular complexity index is 982. The first kappa shape index (κ1) is 21.0. The molecular formula is C25H25N3O2S. The normalized spacial score (nSPS) is 13.6. The van der Waals surface area contributed by atoms with Crippen LogP contribution in [0.15, 0.2) is 84.9 Å². The number of para-hydroxylation sites is 2. The zero-order chi connectivity index (χ0) is 21.5. The van der Waals surface area contributed by atoms with Gasteiger partial charge in [-0.05, 0) is 35.5 Å². The maximum Gasteiger partial charge on any atom is 0.238 e. The monoisotopic (exact) mass is 431 g/mol. The van der Waals surface area contributed by atoms with Crippen LogP contribution in [0.2, 0.25) is 0 Å². The van der Waals surface area contributed by atoms with Gasteiger partial charge >= 0.3 is 0 Å². The van der Waals surface area contributed by atoms with Crippen LogP contribution in [0.3, 0.4) is 0 Å². The molecule has 1 aliphatic rings. The molecule has 1 heterocycles. The Morgan fingerprint density at radius 2 is 1.39 bits per heavy atom. The molecule has 0 aromatic heterocycles. The number of thiocarbonyl (C=S) groups is 1. The molecule has 0 radical (unpaired) electrons. The third kappa shape index (κ3) is 5.29. The Hall–Kier alpha value is -3.22. The molecule has 3 aromatic carbocycles. The summed E-state index contributed by atoms with van der Waals surface area (Å²) in [4.78, 5) is 15.5. The molecule has 1 saturated heterocycles. The first-order chi connectivity index (χ1) is 15.2. The molecule has 0 bridgehead atoms. The number of carbonyl (C=O) groups is 1. The summed E-state index contributed by atoms with van der Waals surface area (Å²) in [5.41, 5.74) is 3.75. The molecule has 1 aliphatic heterocycles. The van der Waals surface area contributed by atoms with Crippen LogP contribution in [0.5, 0.6) is 0 Å². The van der Waals surface area contributed by atoms with Crippen LogP contribution < -0.4 is 15.5 Å². The predicted molar refractivity (Wildman–Crippen MR) is 129 cm³/mol. The topological polar surface area (TPSA) is 53.6 Å². The fourth-order valence-corrected chi connectivity index (χ4v) is 3.99. The molecule has 4 rings (SSSR count). The molecule has 0 unspecified atom stereocenters. The highest BCUT2D eigenvalue weighted by Crippen LogP contribution is 2.27. The van der Waals surface area contributed by atoms with Gasteiger partial charge in [0.1, 0.15) is 0 Å². The van der Waals surface area contributed by atoms with E-state index in [2.05, 4.69) is 21.6 Å². The molecule has 31 heavy (non-hydrogen) atoms. The Morgan fingerprint density at radius 1 is 0.839 bits per heavy atom. The van der Waals surface area contributed by atoms with Gasteiger partial charge in [0.05, 0.1) is 30.5 Å². The van der Waals surface area contributed by atoms with Crippen molar-refractivity contribution in [1.29, 1.82) is 0 Å². The summed E-state index contributed by atoms with van der Waals surface area (Å²) < 4.78 is 5.46. The van der Waals surface area contributed by atoms with Gasteiger partial charge in [-0.2, -0.15) is 0 Å². The first-order valence-electron chi connectivity index (χ1n) is 10.4. The number of carbonyl (C=O) groups excluding carboxylic acids is 1. The number of ether oxygens (including phenoxy) is 1. The minimum absolute atomic E-state index is 0.168. The van der Waals surface area contributed by atoms with Gasteiger partial charge < -0.3 is 20.3 Å². The Kier molecular flexibility index (Phi) is 6.92. The molecular weight excluding hydrogens is 406 g/mol. The van der Waals surface area contributed by atoms with Gasteiger partial charge in [-0.15, -0.1) is 0 Å². The van der Waals surface area contributed by atoms with Crippen LogP contribution in [0, 0.1) is 0 Å². The Labute approximate surface area is 188 Å². The summed E-state index contributed by atoms with van der Waals surface area (Å²) >= 11 is 5.51. The van der Waals surface area contributed by atoms with E-state index in [0.29, 0.717) is 13.2 Å². The van der Waals surface area contributed by atoms with Crippen molar-refractivity contribution in [1.82, 2.24) is 5.32 Å². The average molecular weight is 432 g/mol. The van der Waals surface area contributed by atoms with Crippen molar-refractivity contribution in [2.45, 2.75) is 5.92 Å². The second kappa shape index (κ2) is 10.2. The number of anilines is 2. The second-order valence-corrected chi connectivity index (χ2v) is 7.72. The standard InChI is InChI=1S/C25H25N3O2S/c29-24(23(19-9-3-1-4-10-19)20-11-5-2-6-12-20)27-25(31)26-21-13-7-8-14-22(21)28-15-17-30-18-16-28/h1-14,23H,15-18H2,(H2,26,27,29,31).